The topological polar surface area (TPSA) is 29.5 Å². The number of ether oxygens (including phenoxy) is 1. The van der Waals surface area contributed by atoms with Crippen molar-refractivity contribution in [2.45, 2.75) is 38.7 Å². The van der Waals surface area contributed by atoms with E-state index in [0.717, 1.165) is 31.5 Å². The van der Waals surface area contributed by atoms with Crippen molar-refractivity contribution in [2.75, 3.05) is 13.1 Å². The Hall–Kier alpha value is -1.51. The number of hydrogen-bond donors (Lipinski definition) is 0. The molecular weight excluding hydrogens is 226 g/mol. The summed E-state index contributed by atoms with van der Waals surface area (Å²) in [6.45, 7) is 2.05. The summed E-state index contributed by atoms with van der Waals surface area (Å²) in [6.07, 6.45) is 5.78. The van der Waals surface area contributed by atoms with E-state index in [0.29, 0.717) is 6.61 Å². The van der Waals surface area contributed by atoms with Gasteiger partial charge in [0.2, 0.25) is 0 Å². The van der Waals surface area contributed by atoms with Crippen LogP contribution in [-0.2, 0) is 11.3 Å². The summed E-state index contributed by atoms with van der Waals surface area (Å²) in [7, 11) is 0. The number of hydrogen-bond acceptors (Lipinski definition) is 2. The largest absolute Gasteiger partial charge is 0.445 e. The summed E-state index contributed by atoms with van der Waals surface area (Å²) >= 11 is 0. The fourth-order valence-corrected chi connectivity index (χ4v) is 2.24. The van der Waals surface area contributed by atoms with Gasteiger partial charge in [-0.25, -0.2) is 4.79 Å². The van der Waals surface area contributed by atoms with Crippen LogP contribution in [0.3, 0.4) is 0 Å². The lowest BCUT2D eigenvalue weighted by Crippen LogP contribution is -2.34. The lowest BCUT2D eigenvalue weighted by Gasteiger charge is -2.24. The predicted molar refractivity (Wildman–Crippen MR) is 71.3 cm³/mol. The Labute approximate surface area is 109 Å². The van der Waals surface area contributed by atoms with E-state index in [-0.39, 0.29) is 6.09 Å². The Morgan fingerprint density at radius 2 is 1.61 bits per heavy atom. The fourth-order valence-electron chi connectivity index (χ4n) is 2.24. The van der Waals surface area contributed by atoms with Crippen LogP contribution in [0.2, 0.25) is 0 Å². The smallest absolute Gasteiger partial charge is 0.410 e. The molecule has 1 saturated heterocycles. The molecule has 1 aromatic carbocycles. The highest BCUT2D eigenvalue weighted by Crippen LogP contribution is 2.12. The first kappa shape index (κ1) is 12.9. The van der Waals surface area contributed by atoms with Gasteiger partial charge in [0.05, 0.1) is 0 Å². The van der Waals surface area contributed by atoms with Crippen molar-refractivity contribution >= 4 is 6.09 Å². The third-order valence-corrected chi connectivity index (χ3v) is 3.32. The number of carbonyl (C=O) groups excluding carboxylic acids is 1. The van der Waals surface area contributed by atoms with Crippen LogP contribution in [0, 0.1) is 0 Å². The number of rotatable bonds is 2. The maximum absolute atomic E-state index is 11.9. The van der Waals surface area contributed by atoms with Crippen LogP contribution in [0.1, 0.15) is 37.7 Å². The first-order chi connectivity index (χ1) is 8.86. The second-order valence-electron chi connectivity index (χ2n) is 4.79. The average molecular weight is 247 g/mol. The molecule has 0 unspecified atom stereocenters. The van der Waals surface area contributed by atoms with Gasteiger partial charge >= 0.3 is 6.09 Å². The molecule has 18 heavy (non-hydrogen) atoms. The number of amides is 1. The third-order valence-electron chi connectivity index (χ3n) is 3.32. The first-order valence-corrected chi connectivity index (χ1v) is 6.82. The van der Waals surface area contributed by atoms with E-state index in [9.17, 15) is 4.79 Å². The second-order valence-corrected chi connectivity index (χ2v) is 4.79. The lowest BCUT2D eigenvalue weighted by atomic mass is 10.1. The molecule has 0 aromatic heterocycles. The molecule has 98 valence electrons. The van der Waals surface area contributed by atoms with E-state index in [4.69, 9.17) is 4.74 Å². The minimum absolute atomic E-state index is 0.166. The lowest BCUT2D eigenvalue weighted by molar-refractivity contribution is 0.0932. The van der Waals surface area contributed by atoms with Gasteiger partial charge in [-0.1, -0.05) is 49.6 Å². The molecule has 1 aliphatic rings. The van der Waals surface area contributed by atoms with Crippen LogP contribution in [0.25, 0.3) is 0 Å². The molecule has 1 aromatic rings. The molecule has 0 bridgehead atoms. The number of likely N-dealkylation sites (tertiary alicyclic amines) is 1. The molecule has 0 spiro atoms. The van der Waals surface area contributed by atoms with E-state index in [1.54, 1.807) is 0 Å². The van der Waals surface area contributed by atoms with Crippen molar-refractivity contribution in [3.63, 3.8) is 0 Å². The fraction of sp³-hybridized carbons (Fsp3) is 0.533. The Balaban J connectivity index is 1.79. The zero-order valence-electron chi connectivity index (χ0n) is 10.8. The SMILES string of the molecule is O=C(OCc1ccccc1)N1CCCCCCC1. The molecule has 1 fully saturated rings. The van der Waals surface area contributed by atoms with Crippen molar-refractivity contribution in [2.24, 2.45) is 0 Å². The van der Waals surface area contributed by atoms with E-state index in [2.05, 4.69) is 0 Å². The molecule has 3 heteroatoms. The van der Waals surface area contributed by atoms with Gasteiger partial charge < -0.3 is 9.64 Å². The van der Waals surface area contributed by atoms with Crippen molar-refractivity contribution in [3.05, 3.63) is 35.9 Å². The predicted octanol–water partition coefficient (Wildman–Crippen LogP) is 3.59. The summed E-state index contributed by atoms with van der Waals surface area (Å²) in [5.41, 5.74) is 1.04. The molecule has 0 atom stereocenters. The van der Waals surface area contributed by atoms with Crippen LogP contribution >= 0.6 is 0 Å². The van der Waals surface area contributed by atoms with Crippen LogP contribution in [0.15, 0.2) is 30.3 Å². The summed E-state index contributed by atoms with van der Waals surface area (Å²) in [5, 5.41) is 0. The van der Waals surface area contributed by atoms with E-state index in [1.165, 1.54) is 19.3 Å². The highest BCUT2D eigenvalue weighted by atomic mass is 16.6. The number of benzene rings is 1. The van der Waals surface area contributed by atoms with Gasteiger partial charge in [-0.05, 0) is 18.4 Å². The Bertz CT molecular complexity index is 356. The van der Waals surface area contributed by atoms with E-state index >= 15 is 0 Å². The zero-order valence-corrected chi connectivity index (χ0v) is 10.8. The van der Waals surface area contributed by atoms with Gasteiger partial charge in [-0.15, -0.1) is 0 Å². The molecule has 0 N–H and O–H groups in total. The van der Waals surface area contributed by atoms with Gasteiger partial charge in [0.15, 0.2) is 0 Å². The molecule has 0 saturated carbocycles. The third kappa shape index (κ3) is 4.06. The molecule has 1 aliphatic heterocycles. The van der Waals surface area contributed by atoms with Crippen LogP contribution in [-0.4, -0.2) is 24.1 Å². The van der Waals surface area contributed by atoms with Gasteiger partial charge in [0, 0.05) is 13.1 Å². The standard InChI is InChI=1S/C15H21NO2/c17-15(16-11-7-2-1-3-8-12-16)18-13-14-9-5-4-6-10-14/h4-6,9-10H,1-3,7-8,11-13H2. The Morgan fingerprint density at radius 1 is 1.00 bits per heavy atom. The van der Waals surface area contributed by atoms with Gasteiger partial charge in [-0.2, -0.15) is 0 Å². The van der Waals surface area contributed by atoms with E-state index in [1.807, 2.05) is 35.2 Å². The van der Waals surface area contributed by atoms with Gasteiger partial charge in [-0.3, -0.25) is 0 Å². The number of carbonyl (C=O) groups is 1. The van der Waals surface area contributed by atoms with Crippen LogP contribution < -0.4 is 0 Å². The first-order valence-electron chi connectivity index (χ1n) is 6.82. The van der Waals surface area contributed by atoms with Gasteiger partial charge in [0.25, 0.3) is 0 Å². The summed E-state index contributed by atoms with van der Waals surface area (Å²) in [5.74, 6) is 0. The Morgan fingerprint density at radius 3 is 2.28 bits per heavy atom. The summed E-state index contributed by atoms with van der Waals surface area (Å²) < 4.78 is 5.35. The zero-order chi connectivity index (χ0) is 12.6. The monoisotopic (exact) mass is 247 g/mol. The highest BCUT2D eigenvalue weighted by Gasteiger charge is 2.15. The number of nitrogens with zero attached hydrogens (tertiary/aromatic N) is 1. The second kappa shape index (κ2) is 7.04. The average Bonchev–Trinajstić information content (AvgIpc) is 2.37. The summed E-state index contributed by atoms with van der Waals surface area (Å²) in [6, 6.07) is 9.82. The molecule has 1 heterocycles. The van der Waals surface area contributed by atoms with Crippen molar-refractivity contribution in [3.8, 4) is 0 Å². The Kier molecular flexibility index (Phi) is 5.06. The molecule has 2 rings (SSSR count). The van der Waals surface area contributed by atoms with Crippen LogP contribution in [0.5, 0.6) is 0 Å². The molecule has 0 aliphatic carbocycles. The minimum atomic E-state index is -0.166. The normalized spacial score (nSPS) is 16.8. The van der Waals surface area contributed by atoms with Gasteiger partial charge in [0.1, 0.15) is 6.61 Å². The maximum Gasteiger partial charge on any atom is 0.410 e. The maximum atomic E-state index is 11.9. The molecule has 3 nitrogen and oxygen atoms in total. The summed E-state index contributed by atoms with van der Waals surface area (Å²) in [4.78, 5) is 13.8. The molecule has 1 amide bonds. The van der Waals surface area contributed by atoms with E-state index < -0.39 is 0 Å². The minimum Gasteiger partial charge on any atom is -0.445 e. The van der Waals surface area contributed by atoms with Crippen LogP contribution in [0.4, 0.5) is 4.79 Å². The molecular formula is C15H21NO2. The highest BCUT2D eigenvalue weighted by molar-refractivity contribution is 5.67. The quantitative estimate of drug-likeness (QED) is 0.799. The van der Waals surface area contributed by atoms with Crippen molar-refractivity contribution in [1.82, 2.24) is 4.90 Å². The van der Waals surface area contributed by atoms with Crippen molar-refractivity contribution in [1.29, 1.82) is 0 Å². The molecule has 0 radical (unpaired) electrons. The van der Waals surface area contributed by atoms with Crippen molar-refractivity contribution < 1.29 is 9.53 Å².